The molecule has 0 radical (unpaired) electrons. The van der Waals surface area contributed by atoms with Gasteiger partial charge in [-0.2, -0.15) is 0 Å². The van der Waals surface area contributed by atoms with Gasteiger partial charge in [0.25, 0.3) is 0 Å². The van der Waals surface area contributed by atoms with Crippen molar-refractivity contribution in [2.24, 2.45) is 0 Å². The Morgan fingerprint density at radius 1 is 1.21 bits per heavy atom. The standard InChI is InChI=1S/C12H15ClN2O2S2/c1-9-3-4-10(2)15(9)8-7-14-19(16,17)12-6-5-11(13)18-12/h3-6,14H,7-8H2,1-2H3. The van der Waals surface area contributed by atoms with Gasteiger partial charge in [0.15, 0.2) is 0 Å². The summed E-state index contributed by atoms with van der Waals surface area (Å²) in [6.07, 6.45) is 0. The quantitative estimate of drug-likeness (QED) is 0.921. The third kappa shape index (κ3) is 3.39. The molecular formula is C12H15ClN2O2S2. The topological polar surface area (TPSA) is 51.1 Å². The van der Waals surface area contributed by atoms with Gasteiger partial charge in [-0.3, -0.25) is 0 Å². The zero-order valence-corrected chi connectivity index (χ0v) is 13.1. The monoisotopic (exact) mass is 318 g/mol. The number of aromatic nitrogens is 1. The summed E-state index contributed by atoms with van der Waals surface area (Å²) in [6, 6.07) is 7.13. The van der Waals surface area contributed by atoms with E-state index in [1.54, 1.807) is 6.07 Å². The van der Waals surface area contributed by atoms with Gasteiger partial charge in [-0.25, -0.2) is 13.1 Å². The number of aryl methyl sites for hydroxylation is 2. The van der Waals surface area contributed by atoms with E-state index in [0.717, 1.165) is 22.7 Å². The Hall–Kier alpha value is -0.820. The summed E-state index contributed by atoms with van der Waals surface area (Å²) in [4.78, 5) is 0. The number of halogens is 1. The SMILES string of the molecule is Cc1ccc(C)n1CCNS(=O)(=O)c1ccc(Cl)s1. The van der Waals surface area contributed by atoms with Gasteiger partial charge in [0, 0.05) is 24.5 Å². The van der Waals surface area contributed by atoms with E-state index in [1.807, 2.05) is 26.0 Å². The first-order chi connectivity index (χ1) is 8.90. The molecule has 0 aliphatic heterocycles. The van der Waals surface area contributed by atoms with Crippen molar-refractivity contribution in [3.63, 3.8) is 0 Å². The van der Waals surface area contributed by atoms with Crippen LogP contribution in [-0.2, 0) is 16.6 Å². The van der Waals surface area contributed by atoms with Crippen LogP contribution in [0.25, 0.3) is 0 Å². The van der Waals surface area contributed by atoms with Gasteiger partial charge >= 0.3 is 0 Å². The molecule has 0 amide bonds. The average Bonchev–Trinajstić information content (AvgIpc) is 2.90. The first kappa shape index (κ1) is 14.6. The van der Waals surface area contributed by atoms with Crippen LogP contribution in [0.15, 0.2) is 28.5 Å². The number of sulfonamides is 1. The van der Waals surface area contributed by atoms with Gasteiger partial charge in [0.1, 0.15) is 4.21 Å². The highest BCUT2D eigenvalue weighted by Crippen LogP contribution is 2.25. The maximum Gasteiger partial charge on any atom is 0.250 e. The Morgan fingerprint density at radius 2 is 1.84 bits per heavy atom. The van der Waals surface area contributed by atoms with Crippen LogP contribution in [0.1, 0.15) is 11.4 Å². The molecule has 0 unspecified atom stereocenters. The zero-order chi connectivity index (χ0) is 14.0. The molecule has 0 saturated carbocycles. The van der Waals surface area contributed by atoms with Crippen LogP contribution in [0.3, 0.4) is 0 Å². The van der Waals surface area contributed by atoms with Crippen molar-refractivity contribution in [2.45, 2.75) is 24.6 Å². The molecule has 0 spiro atoms. The van der Waals surface area contributed by atoms with Crippen molar-refractivity contribution in [3.05, 3.63) is 40.0 Å². The van der Waals surface area contributed by atoms with E-state index in [1.165, 1.54) is 6.07 Å². The van der Waals surface area contributed by atoms with Crippen molar-refractivity contribution in [2.75, 3.05) is 6.54 Å². The molecule has 7 heteroatoms. The summed E-state index contributed by atoms with van der Waals surface area (Å²) in [6.45, 7) is 4.97. The number of rotatable bonds is 5. The molecule has 2 aromatic rings. The van der Waals surface area contributed by atoms with Gasteiger partial charge in [-0.05, 0) is 38.1 Å². The normalized spacial score (nSPS) is 11.9. The number of thiophene rings is 1. The molecule has 0 aliphatic carbocycles. The van der Waals surface area contributed by atoms with Crippen LogP contribution in [0, 0.1) is 13.8 Å². The fraction of sp³-hybridized carbons (Fsp3) is 0.333. The molecule has 0 aliphatic rings. The largest absolute Gasteiger partial charge is 0.348 e. The van der Waals surface area contributed by atoms with E-state index < -0.39 is 10.0 Å². The van der Waals surface area contributed by atoms with Crippen molar-refractivity contribution in [1.82, 2.24) is 9.29 Å². The highest BCUT2D eigenvalue weighted by Gasteiger charge is 2.16. The molecule has 0 bridgehead atoms. The predicted molar refractivity (Wildman–Crippen MR) is 78.4 cm³/mol. The first-order valence-corrected chi connectivity index (χ1v) is 8.45. The van der Waals surface area contributed by atoms with Crippen molar-refractivity contribution < 1.29 is 8.42 Å². The second kappa shape index (κ2) is 5.66. The van der Waals surface area contributed by atoms with E-state index in [2.05, 4.69) is 9.29 Å². The van der Waals surface area contributed by atoms with Gasteiger partial charge in [0.2, 0.25) is 10.0 Å². The van der Waals surface area contributed by atoms with Crippen LogP contribution in [0.5, 0.6) is 0 Å². The Kier molecular flexibility index (Phi) is 4.35. The summed E-state index contributed by atoms with van der Waals surface area (Å²) in [5, 5.41) is 0. The highest BCUT2D eigenvalue weighted by atomic mass is 35.5. The second-order valence-electron chi connectivity index (χ2n) is 4.22. The number of hydrogen-bond acceptors (Lipinski definition) is 3. The van der Waals surface area contributed by atoms with Crippen LogP contribution in [-0.4, -0.2) is 19.5 Å². The van der Waals surface area contributed by atoms with E-state index in [-0.39, 0.29) is 4.21 Å². The molecule has 2 aromatic heterocycles. The van der Waals surface area contributed by atoms with Crippen molar-refractivity contribution in [1.29, 1.82) is 0 Å². The van der Waals surface area contributed by atoms with Gasteiger partial charge in [-0.15, -0.1) is 11.3 Å². The van der Waals surface area contributed by atoms with Crippen LogP contribution in [0.4, 0.5) is 0 Å². The van der Waals surface area contributed by atoms with E-state index >= 15 is 0 Å². The molecule has 2 heterocycles. The van der Waals surface area contributed by atoms with Crippen molar-refractivity contribution >= 4 is 33.0 Å². The smallest absolute Gasteiger partial charge is 0.250 e. The molecule has 1 N–H and O–H groups in total. The molecule has 4 nitrogen and oxygen atoms in total. The third-order valence-electron chi connectivity index (χ3n) is 2.86. The van der Waals surface area contributed by atoms with Crippen molar-refractivity contribution in [3.8, 4) is 0 Å². The van der Waals surface area contributed by atoms with Gasteiger partial charge < -0.3 is 4.57 Å². The average molecular weight is 319 g/mol. The minimum atomic E-state index is -3.45. The Morgan fingerprint density at radius 3 is 2.37 bits per heavy atom. The number of hydrogen-bond donors (Lipinski definition) is 1. The zero-order valence-electron chi connectivity index (χ0n) is 10.7. The fourth-order valence-electron chi connectivity index (χ4n) is 1.86. The minimum Gasteiger partial charge on any atom is -0.348 e. The second-order valence-corrected chi connectivity index (χ2v) is 7.93. The fourth-order valence-corrected chi connectivity index (χ4v) is 4.41. The Balaban J connectivity index is 2.00. The van der Waals surface area contributed by atoms with Crippen LogP contribution in [0.2, 0.25) is 4.34 Å². The first-order valence-electron chi connectivity index (χ1n) is 5.78. The predicted octanol–water partition coefficient (Wildman–Crippen LogP) is 2.80. The lowest BCUT2D eigenvalue weighted by Gasteiger charge is -2.10. The molecule has 0 atom stereocenters. The maximum absolute atomic E-state index is 12.0. The van der Waals surface area contributed by atoms with Gasteiger partial charge in [-0.1, -0.05) is 11.6 Å². The van der Waals surface area contributed by atoms with E-state index in [9.17, 15) is 8.42 Å². The molecule has 0 fully saturated rings. The molecular weight excluding hydrogens is 304 g/mol. The maximum atomic E-state index is 12.0. The lowest BCUT2D eigenvalue weighted by Crippen LogP contribution is -2.27. The summed E-state index contributed by atoms with van der Waals surface area (Å²) in [5.41, 5.74) is 2.24. The molecule has 2 rings (SSSR count). The summed E-state index contributed by atoms with van der Waals surface area (Å²) < 4.78 is 29.3. The number of nitrogens with one attached hydrogen (secondary N) is 1. The Labute approximate surface area is 122 Å². The molecule has 0 saturated heterocycles. The highest BCUT2D eigenvalue weighted by molar-refractivity contribution is 7.91. The van der Waals surface area contributed by atoms with E-state index in [0.29, 0.717) is 17.4 Å². The number of nitrogens with zero attached hydrogens (tertiary/aromatic N) is 1. The lowest BCUT2D eigenvalue weighted by molar-refractivity contribution is 0.571. The Bertz CT molecular complexity index is 654. The van der Waals surface area contributed by atoms with E-state index in [4.69, 9.17) is 11.6 Å². The minimum absolute atomic E-state index is 0.249. The molecule has 104 valence electrons. The van der Waals surface area contributed by atoms with Gasteiger partial charge in [0.05, 0.1) is 4.34 Å². The molecule has 19 heavy (non-hydrogen) atoms. The third-order valence-corrected chi connectivity index (χ3v) is 6.04. The lowest BCUT2D eigenvalue weighted by atomic mass is 10.5. The molecule has 0 aromatic carbocycles. The van der Waals surface area contributed by atoms with Crippen LogP contribution >= 0.6 is 22.9 Å². The summed E-state index contributed by atoms with van der Waals surface area (Å²) in [7, 11) is -3.45. The summed E-state index contributed by atoms with van der Waals surface area (Å²) >= 11 is 6.80. The van der Waals surface area contributed by atoms with Crippen LogP contribution < -0.4 is 4.72 Å². The summed E-state index contributed by atoms with van der Waals surface area (Å²) in [5.74, 6) is 0.